The first-order valence-corrected chi connectivity index (χ1v) is 6.93. The van der Waals surface area contributed by atoms with Crippen molar-refractivity contribution in [1.82, 2.24) is 9.80 Å². The average molecular weight is 255 g/mol. The summed E-state index contributed by atoms with van der Waals surface area (Å²) >= 11 is 0. The molecule has 0 aromatic carbocycles. The second-order valence-electron chi connectivity index (χ2n) is 6.04. The number of rotatable bonds is 3. The zero-order valence-electron chi connectivity index (χ0n) is 11.4. The number of hydrogen-bond donors (Lipinski definition) is 2. The van der Waals surface area contributed by atoms with E-state index in [4.69, 9.17) is 10.8 Å². The molecule has 5 nitrogen and oxygen atoms in total. The summed E-state index contributed by atoms with van der Waals surface area (Å²) in [5.41, 5.74) is 4.90. The first-order valence-electron chi connectivity index (χ1n) is 6.93. The second-order valence-corrected chi connectivity index (χ2v) is 6.04. The number of carboxylic acids is 1. The van der Waals surface area contributed by atoms with E-state index in [1.807, 2.05) is 0 Å². The van der Waals surface area contributed by atoms with Crippen LogP contribution in [0.15, 0.2) is 0 Å². The lowest BCUT2D eigenvalue weighted by Crippen LogP contribution is -2.52. The van der Waals surface area contributed by atoms with Crippen LogP contribution < -0.4 is 5.73 Å². The number of hydrogen-bond acceptors (Lipinski definition) is 4. The van der Waals surface area contributed by atoms with Gasteiger partial charge in [-0.3, -0.25) is 9.69 Å². The molecule has 0 aromatic heterocycles. The summed E-state index contributed by atoms with van der Waals surface area (Å²) in [7, 11) is 0. The predicted octanol–water partition coefficient (Wildman–Crippen LogP) is 0.347. The highest BCUT2D eigenvalue weighted by atomic mass is 16.4. The Hall–Kier alpha value is -0.650. The Labute approximate surface area is 109 Å². The van der Waals surface area contributed by atoms with E-state index in [2.05, 4.69) is 23.6 Å². The van der Waals surface area contributed by atoms with Crippen LogP contribution in [0.1, 0.15) is 33.1 Å². The van der Waals surface area contributed by atoms with Crippen molar-refractivity contribution in [2.24, 2.45) is 5.73 Å². The second kappa shape index (κ2) is 5.15. The number of nitrogens with two attached hydrogens (primary N) is 1. The van der Waals surface area contributed by atoms with Crippen molar-refractivity contribution < 1.29 is 9.90 Å². The van der Waals surface area contributed by atoms with Crippen LogP contribution >= 0.6 is 0 Å². The van der Waals surface area contributed by atoms with Gasteiger partial charge in [0.25, 0.3) is 0 Å². The lowest BCUT2D eigenvalue weighted by molar-refractivity contribution is -0.142. The molecule has 18 heavy (non-hydrogen) atoms. The highest BCUT2D eigenvalue weighted by Crippen LogP contribution is 2.26. The summed E-state index contributed by atoms with van der Waals surface area (Å²) < 4.78 is 0. The summed E-state index contributed by atoms with van der Waals surface area (Å²) in [5, 5.41) is 9.14. The van der Waals surface area contributed by atoms with Crippen LogP contribution in [-0.4, -0.2) is 64.7 Å². The Kier molecular flexibility index (Phi) is 3.94. The van der Waals surface area contributed by atoms with Crippen molar-refractivity contribution in [2.45, 2.75) is 50.7 Å². The molecular formula is C13H25N3O2. The Morgan fingerprint density at radius 3 is 2.39 bits per heavy atom. The van der Waals surface area contributed by atoms with Crippen LogP contribution in [-0.2, 0) is 4.79 Å². The van der Waals surface area contributed by atoms with Crippen molar-refractivity contribution in [1.29, 1.82) is 0 Å². The molecule has 0 aromatic rings. The number of aliphatic carboxylic acids is 1. The van der Waals surface area contributed by atoms with Gasteiger partial charge in [-0.1, -0.05) is 0 Å². The van der Waals surface area contributed by atoms with E-state index in [1.54, 1.807) is 0 Å². The SMILES string of the molecule is CC(C)N1CCC(N2CCC(N)(C(=O)O)C2)CC1. The number of carbonyl (C=O) groups is 1. The van der Waals surface area contributed by atoms with Gasteiger partial charge in [-0.2, -0.15) is 0 Å². The molecule has 2 rings (SSSR count). The number of piperidine rings is 1. The smallest absolute Gasteiger partial charge is 0.325 e. The van der Waals surface area contributed by atoms with E-state index in [0.29, 0.717) is 25.0 Å². The fourth-order valence-electron chi connectivity index (χ4n) is 3.12. The largest absolute Gasteiger partial charge is 0.480 e. The van der Waals surface area contributed by atoms with Crippen molar-refractivity contribution in [3.05, 3.63) is 0 Å². The zero-order valence-corrected chi connectivity index (χ0v) is 11.4. The molecule has 1 atom stereocenters. The molecule has 104 valence electrons. The molecule has 2 heterocycles. The third-order valence-electron chi connectivity index (χ3n) is 4.50. The van der Waals surface area contributed by atoms with Crippen molar-refractivity contribution >= 4 is 5.97 Å². The van der Waals surface area contributed by atoms with E-state index in [0.717, 1.165) is 32.5 Å². The fraction of sp³-hybridized carbons (Fsp3) is 0.923. The van der Waals surface area contributed by atoms with Gasteiger partial charge in [-0.15, -0.1) is 0 Å². The Balaban J connectivity index is 1.87. The van der Waals surface area contributed by atoms with Crippen LogP contribution in [0.25, 0.3) is 0 Å². The van der Waals surface area contributed by atoms with Crippen LogP contribution in [0.5, 0.6) is 0 Å². The van der Waals surface area contributed by atoms with Crippen LogP contribution in [0.3, 0.4) is 0 Å². The van der Waals surface area contributed by atoms with Crippen molar-refractivity contribution in [3.8, 4) is 0 Å². The molecule has 0 aliphatic carbocycles. The molecule has 0 saturated carbocycles. The van der Waals surface area contributed by atoms with E-state index in [9.17, 15) is 4.79 Å². The molecular weight excluding hydrogens is 230 g/mol. The van der Waals surface area contributed by atoms with Gasteiger partial charge in [0.15, 0.2) is 0 Å². The fourth-order valence-corrected chi connectivity index (χ4v) is 3.12. The number of likely N-dealkylation sites (tertiary alicyclic amines) is 2. The minimum absolute atomic E-state index is 0.509. The molecule has 0 radical (unpaired) electrons. The number of nitrogens with zero attached hydrogens (tertiary/aromatic N) is 2. The van der Waals surface area contributed by atoms with Gasteiger partial charge < -0.3 is 15.7 Å². The minimum Gasteiger partial charge on any atom is -0.480 e. The Morgan fingerprint density at radius 2 is 1.94 bits per heavy atom. The first-order chi connectivity index (χ1) is 8.42. The van der Waals surface area contributed by atoms with Crippen molar-refractivity contribution in [3.63, 3.8) is 0 Å². The summed E-state index contributed by atoms with van der Waals surface area (Å²) in [6, 6.07) is 1.13. The van der Waals surface area contributed by atoms with Gasteiger partial charge in [0.05, 0.1) is 0 Å². The van der Waals surface area contributed by atoms with Gasteiger partial charge in [-0.05, 0) is 46.2 Å². The maximum atomic E-state index is 11.1. The van der Waals surface area contributed by atoms with E-state index in [-0.39, 0.29) is 0 Å². The molecule has 0 amide bonds. The molecule has 0 spiro atoms. The monoisotopic (exact) mass is 255 g/mol. The predicted molar refractivity (Wildman–Crippen MR) is 70.5 cm³/mol. The molecule has 2 fully saturated rings. The molecule has 5 heteroatoms. The molecule has 1 unspecified atom stereocenters. The highest BCUT2D eigenvalue weighted by molar-refractivity contribution is 5.79. The molecule has 2 aliphatic rings. The normalized spacial score (nSPS) is 32.2. The van der Waals surface area contributed by atoms with Crippen LogP contribution in [0, 0.1) is 0 Å². The molecule has 2 aliphatic heterocycles. The maximum absolute atomic E-state index is 11.1. The summed E-state index contributed by atoms with van der Waals surface area (Å²) in [6.07, 6.45) is 2.84. The number of carboxylic acid groups (broad SMARTS) is 1. The van der Waals surface area contributed by atoms with Gasteiger partial charge in [0, 0.05) is 25.2 Å². The van der Waals surface area contributed by atoms with E-state index >= 15 is 0 Å². The van der Waals surface area contributed by atoms with Gasteiger partial charge >= 0.3 is 5.97 Å². The van der Waals surface area contributed by atoms with Crippen LogP contribution in [0.4, 0.5) is 0 Å². The summed E-state index contributed by atoms with van der Waals surface area (Å²) in [6.45, 7) is 8.02. The molecule has 2 saturated heterocycles. The summed E-state index contributed by atoms with van der Waals surface area (Å²) in [5.74, 6) is -0.857. The summed E-state index contributed by atoms with van der Waals surface area (Å²) in [4.78, 5) is 15.9. The highest BCUT2D eigenvalue weighted by Gasteiger charge is 2.43. The third-order valence-corrected chi connectivity index (χ3v) is 4.50. The maximum Gasteiger partial charge on any atom is 0.325 e. The van der Waals surface area contributed by atoms with Gasteiger partial charge in [0.2, 0.25) is 0 Å². The lowest BCUT2D eigenvalue weighted by atomic mass is 10.00. The first kappa shape index (κ1) is 13.8. The van der Waals surface area contributed by atoms with Gasteiger partial charge in [-0.25, -0.2) is 0 Å². The average Bonchev–Trinajstić information content (AvgIpc) is 2.73. The quantitative estimate of drug-likeness (QED) is 0.761. The molecule has 3 N–H and O–H groups in total. The van der Waals surface area contributed by atoms with E-state index < -0.39 is 11.5 Å². The van der Waals surface area contributed by atoms with Gasteiger partial charge in [0.1, 0.15) is 5.54 Å². The third kappa shape index (κ3) is 2.68. The minimum atomic E-state index is -1.02. The van der Waals surface area contributed by atoms with Crippen LogP contribution in [0.2, 0.25) is 0 Å². The topological polar surface area (TPSA) is 69.8 Å². The zero-order chi connectivity index (χ0) is 13.3. The van der Waals surface area contributed by atoms with E-state index in [1.165, 1.54) is 0 Å². The Bertz CT molecular complexity index is 313. The van der Waals surface area contributed by atoms with Crippen molar-refractivity contribution in [2.75, 3.05) is 26.2 Å². The molecule has 0 bridgehead atoms. The lowest BCUT2D eigenvalue weighted by Gasteiger charge is -2.38. The standard InChI is InChI=1S/C13H25N3O2/c1-10(2)15-6-3-11(4-7-15)16-8-5-13(14,9-16)12(17)18/h10-11H,3-9,14H2,1-2H3,(H,17,18). The Morgan fingerprint density at radius 1 is 1.33 bits per heavy atom.